The van der Waals surface area contributed by atoms with Gasteiger partial charge in [0.05, 0.1) is 10.6 Å². The fraction of sp³-hybridized carbons (Fsp3) is 0.600. The standard InChI is InChI=1S/C15H20ClN3O2/c1-19-11-3-2-4-12(19)7-10(6-11)18-14-13(16)5-9(8-17-14)15(20)21/h5,8,10-12H,2-4,6-7H2,1H3,(H,17,18)(H,20,21). The van der Waals surface area contributed by atoms with E-state index in [2.05, 4.69) is 22.2 Å². The summed E-state index contributed by atoms with van der Waals surface area (Å²) >= 11 is 6.14. The largest absolute Gasteiger partial charge is 0.478 e. The second kappa shape index (κ2) is 5.81. The zero-order valence-corrected chi connectivity index (χ0v) is 12.8. The van der Waals surface area contributed by atoms with E-state index in [-0.39, 0.29) is 5.56 Å². The summed E-state index contributed by atoms with van der Waals surface area (Å²) in [4.78, 5) is 17.6. The molecule has 2 N–H and O–H groups in total. The van der Waals surface area contributed by atoms with Crippen molar-refractivity contribution >= 4 is 23.4 Å². The third-order valence-corrected chi connectivity index (χ3v) is 5.06. The number of carboxylic acids is 1. The highest BCUT2D eigenvalue weighted by Crippen LogP contribution is 2.34. The molecule has 0 aromatic carbocycles. The number of carboxylic acid groups (broad SMARTS) is 1. The lowest BCUT2D eigenvalue weighted by molar-refractivity contribution is 0.0608. The SMILES string of the molecule is CN1C2CCCC1CC(Nc1ncc(C(=O)O)cc1Cl)C2. The van der Waals surface area contributed by atoms with Gasteiger partial charge < -0.3 is 15.3 Å². The van der Waals surface area contributed by atoms with Gasteiger partial charge in [0.2, 0.25) is 0 Å². The maximum atomic E-state index is 10.9. The van der Waals surface area contributed by atoms with Crippen molar-refractivity contribution in [2.24, 2.45) is 0 Å². The van der Waals surface area contributed by atoms with E-state index < -0.39 is 5.97 Å². The molecule has 2 aliphatic heterocycles. The first-order chi connectivity index (χ1) is 10.0. The Morgan fingerprint density at radius 2 is 2.10 bits per heavy atom. The molecule has 0 radical (unpaired) electrons. The number of anilines is 1. The summed E-state index contributed by atoms with van der Waals surface area (Å²) in [5, 5.41) is 12.7. The molecular weight excluding hydrogens is 290 g/mol. The number of hydrogen-bond donors (Lipinski definition) is 2. The van der Waals surface area contributed by atoms with Gasteiger partial charge in [0, 0.05) is 24.3 Å². The smallest absolute Gasteiger partial charge is 0.337 e. The predicted octanol–water partition coefficient (Wildman–Crippen LogP) is 2.86. The first kappa shape index (κ1) is 14.6. The molecule has 2 bridgehead atoms. The van der Waals surface area contributed by atoms with Crippen molar-refractivity contribution in [3.63, 3.8) is 0 Å². The van der Waals surface area contributed by atoms with Crippen molar-refractivity contribution in [3.05, 3.63) is 22.8 Å². The number of fused-ring (bicyclic) bond motifs is 2. The summed E-state index contributed by atoms with van der Waals surface area (Å²) in [6.07, 6.45) is 7.36. The zero-order valence-electron chi connectivity index (χ0n) is 12.1. The number of aromatic nitrogens is 1. The van der Waals surface area contributed by atoms with Crippen LogP contribution in [0.1, 0.15) is 42.5 Å². The number of halogens is 1. The number of hydrogen-bond acceptors (Lipinski definition) is 4. The lowest BCUT2D eigenvalue weighted by atomic mass is 9.82. The maximum absolute atomic E-state index is 10.9. The monoisotopic (exact) mass is 309 g/mol. The van der Waals surface area contributed by atoms with E-state index in [0.717, 1.165) is 12.8 Å². The molecule has 5 nitrogen and oxygen atoms in total. The Kier molecular flexibility index (Phi) is 4.04. The molecule has 2 unspecified atom stereocenters. The Bertz CT molecular complexity index is 538. The lowest BCUT2D eigenvalue weighted by Crippen LogP contribution is -2.52. The van der Waals surface area contributed by atoms with Gasteiger partial charge in [-0.15, -0.1) is 0 Å². The molecule has 1 aromatic rings. The van der Waals surface area contributed by atoms with Gasteiger partial charge in [-0.25, -0.2) is 9.78 Å². The average molecular weight is 310 g/mol. The molecule has 2 aliphatic rings. The van der Waals surface area contributed by atoms with Crippen LogP contribution >= 0.6 is 11.6 Å². The van der Waals surface area contributed by atoms with Crippen LogP contribution in [0.25, 0.3) is 0 Å². The Morgan fingerprint density at radius 3 is 2.67 bits per heavy atom. The lowest BCUT2D eigenvalue weighted by Gasteiger charge is -2.47. The minimum Gasteiger partial charge on any atom is -0.478 e. The van der Waals surface area contributed by atoms with Crippen molar-refractivity contribution < 1.29 is 9.90 Å². The van der Waals surface area contributed by atoms with Gasteiger partial charge in [0.25, 0.3) is 0 Å². The Hall–Kier alpha value is -1.33. The van der Waals surface area contributed by atoms with Crippen LogP contribution in [0.3, 0.4) is 0 Å². The maximum Gasteiger partial charge on any atom is 0.337 e. The quantitative estimate of drug-likeness (QED) is 0.899. The number of aromatic carboxylic acids is 1. The summed E-state index contributed by atoms with van der Waals surface area (Å²) in [5.41, 5.74) is 0.116. The van der Waals surface area contributed by atoms with Crippen LogP contribution in [0.4, 0.5) is 5.82 Å². The third kappa shape index (κ3) is 2.99. The van der Waals surface area contributed by atoms with Crippen LogP contribution in [0.5, 0.6) is 0 Å². The first-order valence-electron chi connectivity index (χ1n) is 7.42. The fourth-order valence-electron chi connectivity index (χ4n) is 3.59. The summed E-state index contributed by atoms with van der Waals surface area (Å²) < 4.78 is 0. The van der Waals surface area contributed by atoms with Gasteiger partial charge in [0.15, 0.2) is 0 Å². The van der Waals surface area contributed by atoms with Gasteiger partial charge in [-0.1, -0.05) is 18.0 Å². The fourth-order valence-corrected chi connectivity index (χ4v) is 3.81. The van der Waals surface area contributed by atoms with Crippen LogP contribution in [-0.4, -0.2) is 46.1 Å². The Morgan fingerprint density at radius 1 is 1.43 bits per heavy atom. The topological polar surface area (TPSA) is 65.5 Å². The summed E-state index contributed by atoms with van der Waals surface area (Å²) in [6.45, 7) is 0. The molecule has 0 saturated carbocycles. The van der Waals surface area contributed by atoms with Gasteiger partial charge >= 0.3 is 5.97 Å². The van der Waals surface area contributed by atoms with Crippen molar-refractivity contribution in [1.29, 1.82) is 0 Å². The number of rotatable bonds is 3. The number of piperidine rings is 2. The zero-order chi connectivity index (χ0) is 15.0. The number of pyridine rings is 1. The van der Waals surface area contributed by atoms with Crippen molar-refractivity contribution in [2.75, 3.05) is 12.4 Å². The molecule has 0 amide bonds. The van der Waals surface area contributed by atoms with Crippen molar-refractivity contribution in [2.45, 2.75) is 50.2 Å². The van der Waals surface area contributed by atoms with E-state index in [1.807, 2.05) is 0 Å². The normalized spacial score (nSPS) is 29.1. The van der Waals surface area contributed by atoms with E-state index >= 15 is 0 Å². The van der Waals surface area contributed by atoms with Gasteiger partial charge in [-0.3, -0.25) is 0 Å². The molecule has 1 aromatic heterocycles. The molecule has 3 heterocycles. The number of nitrogens with one attached hydrogen (secondary N) is 1. The summed E-state index contributed by atoms with van der Waals surface area (Å²) in [5.74, 6) is -0.418. The molecular formula is C15H20ClN3O2. The summed E-state index contributed by atoms with van der Waals surface area (Å²) in [6, 6.07) is 3.07. The highest BCUT2D eigenvalue weighted by atomic mass is 35.5. The number of nitrogens with zero attached hydrogens (tertiary/aromatic N) is 2. The summed E-state index contributed by atoms with van der Waals surface area (Å²) in [7, 11) is 2.22. The van der Waals surface area contributed by atoms with Crippen LogP contribution in [0, 0.1) is 0 Å². The van der Waals surface area contributed by atoms with E-state index in [0.29, 0.717) is 29.0 Å². The second-order valence-electron chi connectivity index (χ2n) is 6.08. The minimum absolute atomic E-state index is 0.116. The van der Waals surface area contributed by atoms with E-state index in [9.17, 15) is 4.79 Å². The molecule has 21 heavy (non-hydrogen) atoms. The van der Waals surface area contributed by atoms with E-state index in [1.54, 1.807) is 0 Å². The molecule has 0 spiro atoms. The Balaban J connectivity index is 1.71. The first-order valence-corrected chi connectivity index (χ1v) is 7.79. The minimum atomic E-state index is -1.01. The van der Waals surface area contributed by atoms with Crippen molar-refractivity contribution in [3.8, 4) is 0 Å². The predicted molar refractivity (Wildman–Crippen MR) is 82.0 cm³/mol. The van der Waals surface area contributed by atoms with Crippen LogP contribution in [-0.2, 0) is 0 Å². The molecule has 2 fully saturated rings. The van der Waals surface area contributed by atoms with Gasteiger partial charge in [-0.2, -0.15) is 0 Å². The van der Waals surface area contributed by atoms with Gasteiger partial charge in [0.1, 0.15) is 5.82 Å². The average Bonchev–Trinajstić information content (AvgIpc) is 2.42. The van der Waals surface area contributed by atoms with Crippen LogP contribution in [0.2, 0.25) is 5.02 Å². The van der Waals surface area contributed by atoms with E-state index in [1.165, 1.54) is 31.5 Å². The molecule has 2 atom stereocenters. The Labute approximate surface area is 129 Å². The highest BCUT2D eigenvalue weighted by Gasteiger charge is 2.36. The van der Waals surface area contributed by atoms with Gasteiger partial charge in [-0.05, 0) is 38.8 Å². The third-order valence-electron chi connectivity index (χ3n) is 4.77. The van der Waals surface area contributed by atoms with Crippen molar-refractivity contribution in [1.82, 2.24) is 9.88 Å². The van der Waals surface area contributed by atoms with Crippen LogP contribution < -0.4 is 5.32 Å². The molecule has 2 saturated heterocycles. The molecule has 3 rings (SSSR count). The number of carbonyl (C=O) groups is 1. The highest BCUT2D eigenvalue weighted by molar-refractivity contribution is 6.33. The van der Waals surface area contributed by atoms with E-state index in [4.69, 9.17) is 16.7 Å². The molecule has 114 valence electrons. The second-order valence-corrected chi connectivity index (χ2v) is 6.48. The molecule has 6 heteroatoms. The molecule has 0 aliphatic carbocycles. The van der Waals surface area contributed by atoms with Crippen LogP contribution in [0.15, 0.2) is 12.3 Å².